The minimum absolute atomic E-state index is 0.0480. The predicted octanol–water partition coefficient (Wildman–Crippen LogP) is 5.58. The summed E-state index contributed by atoms with van der Waals surface area (Å²) >= 11 is 3.74. The van der Waals surface area contributed by atoms with Gasteiger partial charge in [0.25, 0.3) is 0 Å². The molecule has 5 heteroatoms. The number of likely N-dealkylation sites (tertiary alicyclic amines) is 1. The minimum atomic E-state index is -0.243. The Bertz CT molecular complexity index is 747. The maximum Gasteiger partial charge on any atom is 0.223 e. The summed E-state index contributed by atoms with van der Waals surface area (Å²) in [5, 5.41) is 9.25. The van der Waals surface area contributed by atoms with Gasteiger partial charge >= 0.3 is 0 Å². The van der Waals surface area contributed by atoms with Crippen molar-refractivity contribution in [3.05, 3.63) is 60.7 Å². The van der Waals surface area contributed by atoms with Gasteiger partial charge in [0.1, 0.15) is 6.04 Å². The first kappa shape index (κ1) is 19.9. The van der Waals surface area contributed by atoms with Gasteiger partial charge in [0.2, 0.25) is 5.91 Å². The van der Waals surface area contributed by atoms with Crippen LogP contribution in [0.5, 0.6) is 0 Å². The number of amides is 1. The van der Waals surface area contributed by atoms with Crippen LogP contribution in [0.1, 0.15) is 32.6 Å². The number of carbonyl (C=O) groups is 1. The molecule has 1 fully saturated rings. The number of rotatable bonds is 8. The second kappa shape index (κ2) is 9.34. The molecule has 1 unspecified atom stereocenters. The Morgan fingerprint density at radius 2 is 1.63 bits per heavy atom. The lowest BCUT2D eigenvalue weighted by Gasteiger charge is -2.30. The molecule has 2 aromatic carbocycles. The highest BCUT2D eigenvalue weighted by Gasteiger charge is 2.32. The van der Waals surface area contributed by atoms with E-state index < -0.39 is 0 Å². The number of nitriles is 1. The van der Waals surface area contributed by atoms with Crippen molar-refractivity contribution in [3.8, 4) is 6.07 Å². The van der Waals surface area contributed by atoms with Crippen molar-refractivity contribution in [2.45, 2.75) is 52.5 Å². The zero-order valence-corrected chi connectivity index (χ0v) is 17.1. The van der Waals surface area contributed by atoms with Crippen molar-refractivity contribution in [1.29, 1.82) is 5.26 Å². The first-order chi connectivity index (χ1) is 13.1. The predicted molar refractivity (Wildman–Crippen MR) is 113 cm³/mol. The first-order valence-corrected chi connectivity index (χ1v) is 10.9. The van der Waals surface area contributed by atoms with Crippen LogP contribution in [-0.4, -0.2) is 27.5 Å². The lowest BCUT2D eigenvalue weighted by molar-refractivity contribution is -0.128. The van der Waals surface area contributed by atoms with Gasteiger partial charge in [0, 0.05) is 22.8 Å². The molecule has 1 heterocycles. The van der Waals surface area contributed by atoms with Gasteiger partial charge in [0.05, 0.1) is 10.1 Å². The van der Waals surface area contributed by atoms with Gasteiger partial charge < -0.3 is 4.90 Å². The van der Waals surface area contributed by atoms with E-state index in [1.54, 1.807) is 4.90 Å². The summed E-state index contributed by atoms with van der Waals surface area (Å²) in [7, 11) is 0. The standard InChI is InChI=1S/C22H24N2OS2/c1-22(26-19-9-4-2-5-10-19,27-20-11-6-3-7-12-20)15-8-16-24-18(17-23)13-14-21(24)25/h2-7,9-12,18H,8,13-16H2,1H3. The number of benzene rings is 2. The highest BCUT2D eigenvalue weighted by atomic mass is 32.2. The van der Waals surface area contributed by atoms with E-state index >= 15 is 0 Å². The summed E-state index contributed by atoms with van der Waals surface area (Å²) < 4.78 is -0.0480. The second-order valence-electron chi connectivity index (χ2n) is 6.84. The second-order valence-corrected chi connectivity index (χ2v) is 10.2. The van der Waals surface area contributed by atoms with Crippen LogP contribution in [0.4, 0.5) is 0 Å². The van der Waals surface area contributed by atoms with Gasteiger partial charge in [-0.05, 0) is 50.5 Å². The van der Waals surface area contributed by atoms with Crippen LogP contribution in [0.2, 0.25) is 0 Å². The summed E-state index contributed by atoms with van der Waals surface area (Å²) in [6.07, 6.45) is 3.02. The Balaban J connectivity index is 1.67. The number of hydrogen-bond donors (Lipinski definition) is 0. The summed E-state index contributed by atoms with van der Waals surface area (Å²) in [6.45, 7) is 2.94. The van der Waals surface area contributed by atoms with Crippen molar-refractivity contribution in [2.75, 3.05) is 6.54 Å². The molecular formula is C22H24N2OS2. The van der Waals surface area contributed by atoms with Gasteiger partial charge in [-0.15, -0.1) is 23.5 Å². The topological polar surface area (TPSA) is 44.1 Å². The van der Waals surface area contributed by atoms with E-state index in [4.69, 9.17) is 0 Å². The molecule has 1 saturated heterocycles. The molecular weight excluding hydrogens is 372 g/mol. The number of thioether (sulfide) groups is 2. The van der Waals surface area contributed by atoms with Crippen LogP contribution >= 0.6 is 23.5 Å². The van der Waals surface area contributed by atoms with Crippen molar-refractivity contribution in [3.63, 3.8) is 0 Å². The third-order valence-electron chi connectivity index (χ3n) is 4.66. The molecule has 1 atom stereocenters. The third-order valence-corrected chi connectivity index (χ3v) is 7.45. The molecule has 3 rings (SSSR count). The maximum absolute atomic E-state index is 12.0. The molecule has 0 saturated carbocycles. The van der Waals surface area contributed by atoms with Crippen LogP contribution in [0.25, 0.3) is 0 Å². The molecule has 0 aromatic heterocycles. The monoisotopic (exact) mass is 396 g/mol. The van der Waals surface area contributed by atoms with Gasteiger partial charge in [-0.1, -0.05) is 36.4 Å². The Morgan fingerprint density at radius 3 is 2.15 bits per heavy atom. The zero-order valence-electron chi connectivity index (χ0n) is 15.5. The molecule has 140 valence electrons. The summed E-state index contributed by atoms with van der Waals surface area (Å²) in [5.41, 5.74) is 0. The molecule has 0 spiro atoms. The molecule has 0 aliphatic carbocycles. The van der Waals surface area contributed by atoms with Crippen LogP contribution < -0.4 is 0 Å². The van der Waals surface area contributed by atoms with E-state index in [1.165, 1.54) is 9.79 Å². The third kappa shape index (κ3) is 5.54. The normalized spacial score (nSPS) is 17.1. The lowest BCUT2D eigenvalue weighted by atomic mass is 10.2. The highest BCUT2D eigenvalue weighted by molar-refractivity contribution is 8.18. The van der Waals surface area contributed by atoms with E-state index in [0.717, 1.165) is 12.8 Å². The Morgan fingerprint density at radius 1 is 1.07 bits per heavy atom. The highest BCUT2D eigenvalue weighted by Crippen LogP contribution is 2.48. The van der Waals surface area contributed by atoms with Crippen molar-refractivity contribution in [1.82, 2.24) is 4.90 Å². The fourth-order valence-corrected chi connectivity index (χ4v) is 6.14. The summed E-state index contributed by atoms with van der Waals surface area (Å²) in [6, 6.07) is 22.9. The van der Waals surface area contributed by atoms with E-state index in [-0.39, 0.29) is 16.0 Å². The molecule has 0 N–H and O–H groups in total. The molecule has 2 aromatic rings. The molecule has 1 amide bonds. The fraction of sp³-hybridized carbons (Fsp3) is 0.364. The quantitative estimate of drug-likeness (QED) is 0.431. The van der Waals surface area contributed by atoms with E-state index in [2.05, 4.69) is 61.5 Å². The average molecular weight is 397 g/mol. The molecule has 1 aliphatic heterocycles. The van der Waals surface area contributed by atoms with E-state index in [0.29, 0.717) is 19.4 Å². The Kier molecular flexibility index (Phi) is 6.87. The van der Waals surface area contributed by atoms with Gasteiger partial charge in [0.15, 0.2) is 0 Å². The Hall–Kier alpha value is -1.90. The molecule has 27 heavy (non-hydrogen) atoms. The molecule has 0 radical (unpaired) electrons. The molecule has 3 nitrogen and oxygen atoms in total. The largest absolute Gasteiger partial charge is 0.327 e. The maximum atomic E-state index is 12.0. The molecule has 0 bridgehead atoms. The van der Waals surface area contributed by atoms with E-state index in [1.807, 2.05) is 35.7 Å². The van der Waals surface area contributed by atoms with Crippen molar-refractivity contribution >= 4 is 29.4 Å². The Labute approximate surface area is 170 Å². The molecule has 1 aliphatic rings. The SMILES string of the molecule is CC(CCCN1C(=O)CCC1C#N)(Sc1ccccc1)Sc1ccccc1. The van der Waals surface area contributed by atoms with Crippen molar-refractivity contribution < 1.29 is 4.79 Å². The fourth-order valence-electron chi connectivity index (χ4n) is 3.32. The van der Waals surface area contributed by atoms with Gasteiger partial charge in [-0.3, -0.25) is 4.79 Å². The number of carbonyl (C=O) groups excluding carboxylic acids is 1. The summed E-state index contributed by atoms with van der Waals surface area (Å²) in [5.74, 6) is 0.120. The van der Waals surface area contributed by atoms with E-state index in [9.17, 15) is 10.1 Å². The smallest absolute Gasteiger partial charge is 0.223 e. The zero-order chi connectivity index (χ0) is 19.1. The minimum Gasteiger partial charge on any atom is -0.327 e. The number of nitrogens with zero attached hydrogens (tertiary/aromatic N) is 2. The average Bonchev–Trinajstić information content (AvgIpc) is 3.03. The van der Waals surface area contributed by atoms with Crippen molar-refractivity contribution in [2.24, 2.45) is 0 Å². The first-order valence-electron chi connectivity index (χ1n) is 9.27. The van der Waals surface area contributed by atoms with Gasteiger partial charge in [-0.25, -0.2) is 0 Å². The summed E-state index contributed by atoms with van der Waals surface area (Å²) in [4.78, 5) is 16.3. The van der Waals surface area contributed by atoms with Crippen LogP contribution in [-0.2, 0) is 4.79 Å². The van der Waals surface area contributed by atoms with Gasteiger partial charge in [-0.2, -0.15) is 5.26 Å². The lowest BCUT2D eigenvalue weighted by Crippen LogP contribution is -2.33. The van der Waals surface area contributed by atoms with Crippen LogP contribution in [0, 0.1) is 11.3 Å². The van der Waals surface area contributed by atoms with Crippen LogP contribution in [0.3, 0.4) is 0 Å². The number of hydrogen-bond acceptors (Lipinski definition) is 4. The van der Waals surface area contributed by atoms with Crippen LogP contribution in [0.15, 0.2) is 70.5 Å².